The van der Waals surface area contributed by atoms with Gasteiger partial charge in [-0.2, -0.15) is 5.10 Å². The molecule has 2 aromatic rings. The minimum absolute atomic E-state index is 0.0709. The zero-order valence-corrected chi connectivity index (χ0v) is 14.7. The van der Waals surface area contributed by atoms with Crippen LogP contribution in [-0.4, -0.2) is 27.2 Å². The Morgan fingerprint density at radius 3 is 2.68 bits per heavy atom. The molecule has 0 atom stereocenters. The average molecular weight is 364 g/mol. The molecule has 4 nitrogen and oxygen atoms in total. The molecule has 0 fully saturated rings. The minimum Gasteiger partial charge on any atom is -0.267 e. The first-order chi connectivity index (χ1) is 11.7. The standard InChI is InChI=1S/C18H16ClF2N3O/c1-10-8-22-9-14(21)16(10)17(25)24-18(2,3)7-15(23-24)12-6-11(20)4-5-13(12)19/h4-6,8-9H,7H2,1-3H3. The molecule has 0 spiro atoms. The molecule has 1 aromatic heterocycles. The number of nitrogens with zero attached hydrogens (tertiary/aromatic N) is 3. The molecule has 0 saturated heterocycles. The van der Waals surface area contributed by atoms with Gasteiger partial charge in [-0.3, -0.25) is 9.78 Å². The molecule has 0 aliphatic carbocycles. The van der Waals surface area contributed by atoms with Gasteiger partial charge in [0, 0.05) is 23.2 Å². The van der Waals surface area contributed by atoms with E-state index in [1.165, 1.54) is 29.4 Å². The zero-order chi connectivity index (χ0) is 18.4. The van der Waals surface area contributed by atoms with Crippen molar-refractivity contribution in [2.45, 2.75) is 32.7 Å². The fraction of sp³-hybridized carbons (Fsp3) is 0.278. The summed E-state index contributed by atoms with van der Waals surface area (Å²) in [7, 11) is 0. The van der Waals surface area contributed by atoms with Crippen LogP contribution in [-0.2, 0) is 0 Å². The summed E-state index contributed by atoms with van der Waals surface area (Å²) in [5, 5.41) is 5.91. The molecule has 1 aliphatic heterocycles. The molecular formula is C18H16ClF2N3O. The van der Waals surface area contributed by atoms with Crippen LogP contribution in [0.1, 0.15) is 41.8 Å². The van der Waals surface area contributed by atoms with Gasteiger partial charge in [-0.25, -0.2) is 13.8 Å². The van der Waals surface area contributed by atoms with Crippen LogP contribution in [0.25, 0.3) is 0 Å². The third-order valence-corrected chi connectivity index (χ3v) is 4.46. The van der Waals surface area contributed by atoms with E-state index in [1.54, 1.807) is 6.92 Å². The van der Waals surface area contributed by atoms with Gasteiger partial charge in [0.2, 0.25) is 0 Å². The van der Waals surface area contributed by atoms with E-state index in [9.17, 15) is 13.6 Å². The van der Waals surface area contributed by atoms with Crippen molar-refractivity contribution in [3.05, 3.63) is 63.9 Å². The van der Waals surface area contributed by atoms with E-state index in [2.05, 4.69) is 10.1 Å². The van der Waals surface area contributed by atoms with Crippen LogP contribution < -0.4 is 0 Å². The highest BCUT2D eigenvalue weighted by Gasteiger charge is 2.40. The van der Waals surface area contributed by atoms with E-state index in [-0.39, 0.29) is 5.56 Å². The Kier molecular flexibility index (Phi) is 4.33. The summed E-state index contributed by atoms with van der Waals surface area (Å²) in [6.07, 6.45) is 2.79. The van der Waals surface area contributed by atoms with Crippen LogP contribution in [0.4, 0.5) is 8.78 Å². The lowest BCUT2D eigenvalue weighted by molar-refractivity contribution is 0.0606. The highest BCUT2D eigenvalue weighted by atomic mass is 35.5. The number of carbonyl (C=O) groups excluding carboxylic acids is 1. The molecule has 0 radical (unpaired) electrons. The lowest BCUT2D eigenvalue weighted by Crippen LogP contribution is -2.41. The number of halogens is 3. The molecule has 1 amide bonds. The van der Waals surface area contributed by atoms with Gasteiger partial charge in [-0.05, 0) is 44.5 Å². The molecule has 0 saturated carbocycles. The number of aryl methyl sites for hydroxylation is 1. The molecule has 130 valence electrons. The van der Waals surface area contributed by atoms with Gasteiger partial charge in [0.1, 0.15) is 5.82 Å². The van der Waals surface area contributed by atoms with Crippen molar-refractivity contribution in [1.29, 1.82) is 0 Å². The summed E-state index contributed by atoms with van der Waals surface area (Å²) in [5.41, 5.74) is 0.558. The Bertz CT molecular complexity index is 876. The van der Waals surface area contributed by atoms with Gasteiger partial charge in [0.15, 0.2) is 5.82 Å². The van der Waals surface area contributed by atoms with Crippen LogP contribution in [0.5, 0.6) is 0 Å². The van der Waals surface area contributed by atoms with Gasteiger partial charge in [-0.1, -0.05) is 11.6 Å². The molecule has 0 N–H and O–H groups in total. The lowest BCUT2D eigenvalue weighted by atomic mass is 9.94. The molecule has 0 unspecified atom stereocenters. The molecule has 3 rings (SSSR count). The van der Waals surface area contributed by atoms with Gasteiger partial charge >= 0.3 is 0 Å². The van der Waals surface area contributed by atoms with Crippen molar-refractivity contribution in [2.75, 3.05) is 0 Å². The van der Waals surface area contributed by atoms with Crippen molar-refractivity contribution >= 4 is 23.2 Å². The third-order valence-electron chi connectivity index (χ3n) is 4.13. The van der Waals surface area contributed by atoms with E-state index in [4.69, 9.17) is 11.6 Å². The molecule has 2 heterocycles. The molecule has 7 heteroatoms. The number of pyridine rings is 1. The van der Waals surface area contributed by atoms with Crippen LogP contribution in [0.2, 0.25) is 5.02 Å². The number of hydrazone groups is 1. The highest BCUT2D eigenvalue weighted by molar-refractivity contribution is 6.34. The smallest absolute Gasteiger partial charge is 0.267 e. The lowest BCUT2D eigenvalue weighted by Gasteiger charge is -2.29. The number of amides is 1. The second kappa shape index (κ2) is 6.19. The molecule has 0 bridgehead atoms. The summed E-state index contributed by atoms with van der Waals surface area (Å²) in [6.45, 7) is 5.23. The second-order valence-corrected chi connectivity index (χ2v) is 7.00. The first kappa shape index (κ1) is 17.5. The van der Waals surface area contributed by atoms with Crippen LogP contribution in [0.15, 0.2) is 35.7 Å². The highest BCUT2D eigenvalue weighted by Crippen LogP contribution is 2.33. The summed E-state index contributed by atoms with van der Waals surface area (Å²) < 4.78 is 27.7. The summed E-state index contributed by atoms with van der Waals surface area (Å²) in [5.74, 6) is -1.71. The van der Waals surface area contributed by atoms with E-state index < -0.39 is 23.1 Å². The number of hydrogen-bond donors (Lipinski definition) is 0. The van der Waals surface area contributed by atoms with E-state index in [1.807, 2.05) is 13.8 Å². The third kappa shape index (κ3) is 3.14. The number of hydrogen-bond acceptors (Lipinski definition) is 3. The largest absolute Gasteiger partial charge is 0.277 e. The zero-order valence-electron chi connectivity index (χ0n) is 14.0. The maximum atomic E-state index is 14.1. The fourth-order valence-corrected chi connectivity index (χ4v) is 3.10. The summed E-state index contributed by atoms with van der Waals surface area (Å²) in [4.78, 5) is 16.6. The number of benzene rings is 1. The Labute approximate surface area is 149 Å². The van der Waals surface area contributed by atoms with E-state index >= 15 is 0 Å². The first-order valence-corrected chi connectivity index (χ1v) is 8.06. The average Bonchev–Trinajstić information content (AvgIpc) is 2.84. The normalized spacial score (nSPS) is 16.1. The second-order valence-electron chi connectivity index (χ2n) is 6.59. The summed E-state index contributed by atoms with van der Waals surface area (Å²) >= 11 is 6.14. The van der Waals surface area contributed by atoms with Crippen LogP contribution in [0, 0.1) is 18.6 Å². The van der Waals surface area contributed by atoms with Gasteiger partial charge < -0.3 is 0 Å². The Morgan fingerprint density at radius 2 is 2.00 bits per heavy atom. The number of carbonyl (C=O) groups is 1. The molecular weight excluding hydrogens is 348 g/mol. The van der Waals surface area contributed by atoms with Gasteiger partial charge in [-0.15, -0.1) is 0 Å². The fourth-order valence-electron chi connectivity index (χ4n) is 2.87. The first-order valence-electron chi connectivity index (χ1n) is 7.68. The maximum absolute atomic E-state index is 14.1. The van der Waals surface area contributed by atoms with Crippen LogP contribution >= 0.6 is 11.6 Å². The van der Waals surface area contributed by atoms with Crippen molar-refractivity contribution in [3.8, 4) is 0 Å². The summed E-state index contributed by atoms with van der Waals surface area (Å²) in [6, 6.07) is 3.98. The molecule has 1 aliphatic rings. The van der Waals surface area contributed by atoms with Crippen molar-refractivity contribution in [3.63, 3.8) is 0 Å². The van der Waals surface area contributed by atoms with Crippen molar-refractivity contribution in [1.82, 2.24) is 9.99 Å². The predicted octanol–water partition coefficient (Wildman–Crippen LogP) is 4.35. The number of aromatic nitrogens is 1. The minimum atomic E-state index is -0.704. The topological polar surface area (TPSA) is 45.6 Å². The quantitative estimate of drug-likeness (QED) is 0.796. The van der Waals surface area contributed by atoms with Crippen LogP contribution in [0.3, 0.4) is 0 Å². The molecule has 25 heavy (non-hydrogen) atoms. The van der Waals surface area contributed by atoms with E-state index in [0.29, 0.717) is 28.3 Å². The van der Waals surface area contributed by atoms with E-state index in [0.717, 1.165) is 6.20 Å². The SMILES string of the molecule is Cc1cncc(F)c1C(=O)N1N=C(c2cc(F)ccc2Cl)CC1(C)C. The van der Waals surface area contributed by atoms with Gasteiger partial charge in [0.05, 0.1) is 23.0 Å². The van der Waals surface area contributed by atoms with Crippen molar-refractivity contribution < 1.29 is 13.6 Å². The Balaban J connectivity index is 2.05. The monoisotopic (exact) mass is 363 g/mol. The number of rotatable bonds is 2. The maximum Gasteiger partial charge on any atom is 0.277 e. The molecule has 1 aromatic carbocycles. The Hall–Kier alpha value is -2.34. The van der Waals surface area contributed by atoms with Crippen molar-refractivity contribution in [2.24, 2.45) is 5.10 Å². The Morgan fingerprint density at radius 1 is 1.28 bits per heavy atom. The van der Waals surface area contributed by atoms with Gasteiger partial charge in [0.25, 0.3) is 5.91 Å². The predicted molar refractivity (Wildman–Crippen MR) is 91.7 cm³/mol.